The SMILES string of the molecule is Cc1ccc2cc(CO)c3cc4c(cc3c2c1)OC(C)(C)O4. The van der Waals surface area contributed by atoms with Crippen molar-refractivity contribution < 1.29 is 14.6 Å². The van der Waals surface area contributed by atoms with E-state index in [1.807, 2.05) is 32.0 Å². The molecule has 0 spiro atoms. The molecule has 112 valence electrons. The second-order valence-corrected chi connectivity index (χ2v) is 6.37. The number of fused-ring (bicyclic) bond motifs is 4. The van der Waals surface area contributed by atoms with Crippen molar-refractivity contribution in [3.63, 3.8) is 0 Å². The molecule has 22 heavy (non-hydrogen) atoms. The van der Waals surface area contributed by atoms with E-state index in [1.54, 1.807) is 0 Å². The van der Waals surface area contributed by atoms with Gasteiger partial charge in [0, 0.05) is 13.8 Å². The summed E-state index contributed by atoms with van der Waals surface area (Å²) in [4.78, 5) is 0. The molecule has 3 heteroatoms. The van der Waals surface area contributed by atoms with Gasteiger partial charge in [0.15, 0.2) is 11.5 Å². The maximum absolute atomic E-state index is 9.73. The van der Waals surface area contributed by atoms with Crippen molar-refractivity contribution >= 4 is 21.5 Å². The molecule has 0 atom stereocenters. The van der Waals surface area contributed by atoms with Crippen molar-refractivity contribution in [2.45, 2.75) is 33.2 Å². The molecule has 0 fully saturated rings. The van der Waals surface area contributed by atoms with Gasteiger partial charge < -0.3 is 14.6 Å². The third-order valence-electron chi connectivity index (χ3n) is 4.14. The molecular formula is C19H18O3. The van der Waals surface area contributed by atoms with Crippen LogP contribution in [0.15, 0.2) is 36.4 Å². The molecule has 4 rings (SSSR count). The van der Waals surface area contributed by atoms with E-state index in [2.05, 4.69) is 25.1 Å². The Bertz CT molecular complexity index is 910. The van der Waals surface area contributed by atoms with Gasteiger partial charge in [0.05, 0.1) is 6.61 Å². The van der Waals surface area contributed by atoms with Gasteiger partial charge in [-0.2, -0.15) is 0 Å². The number of ether oxygens (including phenoxy) is 2. The van der Waals surface area contributed by atoms with Gasteiger partial charge in [-0.3, -0.25) is 0 Å². The normalized spacial score (nSPS) is 15.6. The Morgan fingerprint density at radius 1 is 0.909 bits per heavy atom. The zero-order valence-corrected chi connectivity index (χ0v) is 12.9. The predicted octanol–water partition coefficient (Wildman–Crippen LogP) is 4.30. The van der Waals surface area contributed by atoms with Crippen molar-refractivity contribution in [1.82, 2.24) is 0 Å². The van der Waals surface area contributed by atoms with Crippen LogP contribution in [0, 0.1) is 6.92 Å². The summed E-state index contributed by atoms with van der Waals surface area (Å²) in [7, 11) is 0. The first-order valence-electron chi connectivity index (χ1n) is 7.46. The molecule has 0 saturated heterocycles. The van der Waals surface area contributed by atoms with E-state index in [4.69, 9.17) is 9.47 Å². The van der Waals surface area contributed by atoms with Gasteiger partial charge in [-0.25, -0.2) is 0 Å². The zero-order valence-electron chi connectivity index (χ0n) is 12.9. The molecule has 3 nitrogen and oxygen atoms in total. The van der Waals surface area contributed by atoms with Gasteiger partial charge in [0.1, 0.15) is 0 Å². The fraction of sp³-hybridized carbons (Fsp3) is 0.263. The lowest BCUT2D eigenvalue weighted by Gasteiger charge is -2.16. The zero-order chi connectivity index (χ0) is 15.5. The Labute approximate surface area is 129 Å². The Hall–Kier alpha value is -2.26. The van der Waals surface area contributed by atoms with Crippen molar-refractivity contribution in [2.75, 3.05) is 0 Å². The first-order chi connectivity index (χ1) is 10.5. The number of aliphatic hydroxyl groups is 1. The summed E-state index contributed by atoms with van der Waals surface area (Å²) in [6, 6.07) is 12.4. The maximum atomic E-state index is 9.73. The molecule has 0 bridgehead atoms. The standard InChI is InChI=1S/C19H18O3/c1-11-4-5-12-7-13(10-20)15-8-17-18(22-19(2,3)21-17)9-16(15)14(12)6-11/h4-9,20H,10H2,1-3H3. The Morgan fingerprint density at radius 2 is 1.59 bits per heavy atom. The number of benzene rings is 3. The minimum atomic E-state index is -0.648. The molecule has 0 aromatic heterocycles. The first-order valence-corrected chi connectivity index (χ1v) is 7.46. The van der Waals surface area contributed by atoms with E-state index in [0.29, 0.717) is 0 Å². The summed E-state index contributed by atoms with van der Waals surface area (Å²) in [5.74, 6) is 0.847. The Balaban J connectivity index is 2.11. The second kappa shape index (κ2) is 4.37. The number of hydrogen-bond donors (Lipinski definition) is 1. The summed E-state index contributed by atoms with van der Waals surface area (Å²) in [5.41, 5.74) is 2.12. The highest BCUT2D eigenvalue weighted by molar-refractivity contribution is 6.10. The van der Waals surface area contributed by atoms with E-state index < -0.39 is 5.79 Å². The Morgan fingerprint density at radius 3 is 2.27 bits per heavy atom. The topological polar surface area (TPSA) is 38.7 Å². The molecule has 0 amide bonds. The van der Waals surface area contributed by atoms with Crippen LogP contribution in [0.4, 0.5) is 0 Å². The molecule has 1 heterocycles. The lowest BCUT2D eigenvalue weighted by Crippen LogP contribution is -2.29. The van der Waals surface area contributed by atoms with Crippen molar-refractivity contribution in [3.05, 3.63) is 47.5 Å². The van der Waals surface area contributed by atoms with E-state index in [-0.39, 0.29) is 6.61 Å². The van der Waals surface area contributed by atoms with Crippen LogP contribution in [0.2, 0.25) is 0 Å². The molecule has 1 N–H and O–H groups in total. The predicted molar refractivity (Wildman–Crippen MR) is 87.4 cm³/mol. The highest BCUT2D eigenvalue weighted by atomic mass is 16.7. The monoisotopic (exact) mass is 294 g/mol. The molecule has 3 aromatic carbocycles. The van der Waals surface area contributed by atoms with Gasteiger partial charge >= 0.3 is 0 Å². The van der Waals surface area contributed by atoms with Gasteiger partial charge in [-0.1, -0.05) is 23.8 Å². The van der Waals surface area contributed by atoms with Gasteiger partial charge in [0.25, 0.3) is 0 Å². The Kier molecular flexibility index (Phi) is 2.66. The molecule has 0 unspecified atom stereocenters. The highest BCUT2D eigenvalue weighted by Crippen LogP contribution is 2.44. The van der Waals surface area contributed by atoms with Crippen molar-refractivity contribution in [3.8, 4) is 11.5 Å². The summed E-state index contributed by atoms with van der Waals surface area (Å²) in [6.07, 6.45) is 0. The van der Waals surface area contributed by atoms with Crippen molar-refractivity contribution in [1.29, 1.82) is 0 Å². The van der Waals surface area contributed by atoms with Crippen molar-refractivity contribution in [2.24, 2.45) is 0 Å². The summed E-state index contributed by atoms with van der Waals surface area (Å²) in [5, 5.41) is 14.1. The average molecular weight is 294 g/mol. The lowest BCUT2D eigenvalue weighted by molar-refractivity contribution is -0.0431. The third kappa shape index (κ3) is 1.93. The van der Waals surface area contributed by atoms with Crippen LogP contribution in [0.3, 0.4) is 0 Å². The summed E-state index contributed by atoms with van der Waals surface area (Å²) < 4.78 is 11.7. The van der Waals surface area contributed by atoms with Crippen LogP contribution in [-0.2, 0) is 6.61 Å². The first kappa shape index (κ1) is 13.4. The highest BCUT2D eigenvalue weighted by Gasteiger charge is 2.32. The second-order valence-electron chi connectivity index (χ2n) is 6.37. The van der Waals surface area contributed by atoms with Crippen LogP contribution in [0.5, 0.6) is 11.5 Å². The van der Waals surface area contributed by atoms with Gasteiger partial charge in [-0.15, -0.1) is 0 Å². The minimum Gasteiger partial charge on any atom is -0.449 e. The fourth-order valence-corrected chi connectivity index (χ4v) is 3.18. The molecule has 0 radical (unpaired) electrons. The van der Waals surface area contributed by atoms with Crippen LogP contribution in [0.1, 0.15) is 25.0 Å². The summed E-state index contributed by atoms with van der Waals surface area (Å²) in [6.45, 7) is 5.88. The molecule has 3 aromatic rings. The molecule has 0 aliphatic carbocycles. The average Bonchev–Trinajstić information content (AvgIpc) is 2.77. The van der Waals surface area contributed by atoms with Crippen LogP contribution < -0.4 is 9.47 Å². The lowest BCUT2D eigenvalue weighted by atomic mass is 9.96. The number of aliphatic hydroxyl groups excluding tert-OH is 1. The van der Waals surface area contributed by atoms with E-state index in [0.717, 1.165) is 33.2 Å². The van der Waals surface area contributed by atoms with E-state index >= 15 is 0 Å². The largest absolute Gasteiger partial charge is 0.449 e. The number of aryl methyl sites for hydroxylation is 1. The molecule has 1 aliphatic rings. The number of hydrogen-bond acceptors (Lipinski definition) is 3. The maximum Gasteiger partial charge on any atom is 0.246 e. The third-order valence-corrected chi connectivity index (χ3v) is 4.14. The van der Waals surface area contributed by atoms with E-state index in [1.165, 1.54) is 10.9 Å². The minimum absolute atomic E-state index is 0.00333. The fourth-order valence-electron chi connectivity index (χ4n) is 3.18. The quantitative estimate of drug-likeness (QED) is 0.680. The molecule has 0 saturated carbocycles. The van der Waals surface area contributed by atoms with Gasteiger partial charge in [0.2, 0.25) is 5.79 Å². The van der Waals surface area contributed by atoms with Crippen LogP contribution in [-0.4, -0.2) is 10.9 Å². The summed E-state index contributed by atoms with van der Waals surface area (Å²) >= 11 is 0. The van der Waals surface area contributed by atoms with Crippen LogP contribution in [0.25, 0.3) is 21.5 Å². The number of rotatable bonds is 1. The smallest absolute Gasteiger partial charge is 0.246 e. The van der Waals surface area contributed by atoms with Gasteiger partial charge in [-0.05, 0) is 52.2 Å². The molecule has 1 aliphatic heterocycles. The van der Waals surface area contributed by atoms with Crippen LogP contribution >= 0.6 is 0 Å². The molecular weight excluding hydrogens is 276 g/mol. The van der Waals surface area contributed by atoms with E-state index in [9.17, 15) is 5.11 Å².